The van der Waals surface area contributed by atoms with Crippen LogP contribution in [-0.2, 0) is 22.2 Å². The van der Waals surface area contributed by atoms with Gasteiger partial charge in [0.15, 0.2) is 5.82 Å². The zero-order chi connectivity index (χ0) is 26.3. The lowest BCUT2D eigenvalue weighted by Gasteiger charge is -2.18. The molecular formula is C26H28F3N6O3+. The number of tetrazole rings is 1. The van der Waals surface area contributed by atoms with Crippen molar-refractivity contribution >= 4 is 5.91 Å². The van der Waals surface area contributed by atoms with Gasteiger partial charge in [-0.3, -0.25) is 4.79 Å². The molecular weight excluding hydrogens is 501 g/mol. The lowest BCUT2D eigenvalue weighted by Crippen LogP contribution is -3.08. The number of carbonyl (C=O) groups is 1. The van der Waals surface area contributed by atoms with Crippen LogP contribution in [0.25, 0.3) is 11.4 Å². The summed E-state index contributed by atoms with van der Waals surface area (Å²) in [6.45, 7) is 3.87. The molecule has 3 aliphatic rings. The molecule has 0 radical (unpaired) electrons. The van der Waals surface area contributed by atoms with Crippen molar-refractivity contribution in [1.82, 2.24) is 25.5 Å². The number of likely N-dealkylation sites (tertiary alicyclic amines) is 1. The van der Waals surface area contributed by atoms with E-state index in [2.05, 4.69) is 33.0 Å². The summed E-state index contributed by atoms with van der Waals surface area (Å²) < 4.78 is 52.3. The Kier molecular flexibility index (Phi) is 6.62. The highest BCUT2D eigenvalue weighted by Crippen LogP contribution is 2.36. The molecule has 3 aromatic rings. The molecule has 200 valence electrons. The van der Waals surface area contributed by atoms with Gasteiger partial charge in [-0.2, -0.15) is 13.2 Å². The van der Waals surface area contributed by atoms with E-state index >= 15 is 0 Å². The SMILES string of the molecule is O=C(N[C@H]1CO[C@H]2[C@@H]1OC[C@@H]2n1nnnc1-c1cccc(C[NH+]2CCCC2)c1)c1ccc(C(F)(F)F)cc1. The molecule has 12 heteroatoms. The Labute approximate surface area is 216 Å². The highest BCUT2D eigenvalue weighted by Gasteiger charge is 2.50. The minimum Gasteiger partial charge on any atom is -0.371 e. The van der Waals surface area contributed by atoms with Gasteiger partial charge in [-0.1, -0.05) is 18.2 Å². The second kappa shape index (κ2) is 10.1. The van der Waals surface area contributed by atoms with Crippen molar-refractivity contribution in [2.24, 2.45) is 0 Å². The molecule has 4 heterocycles. The molecule has 0 saturated carbocycles. The minimum atomic E-state index is -4.46. The Balaban J connectivity index is 1.14. The van der Waals surface area contributed by atoms with E-state index in [1.54, 1.807) is 9.58 Å². The summed E-state index contributed by atoms with van der Waals surface area (Å²) in [5, 5.41) is 15.3. The van der Waals surface area contributed by atoms with Crippen molar-refractivity contribution in [2.75, 3.05) is 26.3 Å². The molecule has 38 heavy (non-hydrogen) atoms. The molecule has 0 bridgehead atoms. The maximum atomic E-state index is 12.8. The van der Waals surface area contributed by atoms with Crippen LogP contribution in [0.15, 0.2) is 48.5 Å². The summed E-state index contributed by atoms with van der Waals surface area (Å²) in [5.41, 5.74) is 1.48. The van der Waals surface area contributed by atoms with Gasteiger partial charge in [0.2, 0.25) is 0 Å². The third kappa shape index (κ3) is 4.91. The van der Waals surface area contributed by atoms with Crippen molar-refractivity contribution in [2.45, 2.75) is 49.9 Å². The van der Waals surface area contributed by atoms with Crippen LogP contribution >= 0.6 is 0 Å². The fraction of sp³-hybridized carbons (Fsp3) is 0.462. The summed E-state index contributed by atoms with van der Waals surface area (Å²) in [4.78, 5) is 14.3. The maximum Gasteiger partial charge on any atom is 0.416 e. The van der Waals surface area contributed by atoms with Gasteiger partial charge in [-0.05, 0) is 40.8 Å². The molecule has 1 amide bonds. The van der Waals surface area contributed by atoms with E-state index < -0.39 is 29.8 Å². The summed E-state index contributed by atoms with van der Waals surface area (Å²) in [7, 11) is 0. The lowest BCUT2D eigenvalue weighted by atomic mass is 10.0. The van der Waals surface area contributed by atoms with Gasteiger partial charge in [0.05, 0.1) is 37.9 Å². The third-order valence-corrected chi connectivity index (χ3v) is 7.58. The lowest BCUT2D eigenvalue weighted by molar-refractivity contribution is -0.901. The second-order valence-corrected chi connectivity index (χ2v) is 10.1. The number of quaternary nitrogens is 1. The summed E-state index contributed by atoms with van der Waals surface area (Å²) in [6, 6.07) is 11.6. The first kappa shape index (κ1) is 25.0. The molecule has 6 rings (SSSR count). The van der Waals surface area contributed by atoms with Crippen LogP contribution in [0.3, 0.4) is 0 Å². The van der Waals surface area contributed by atoms with Crippen LogP contribution in [-0.4, -0.2) is 70.7 Å². The number of amides is 1. The molecule has 3 aliphatic heterocycles. The van der Waals surface area contributed by atoms with Crippen LogP contribution in [0.1, 0.15) is 40.4 Å². The number of halogens is 3. The quantitative estimate of drug-likeness (QED) is 0.505. The summed E-state index contributed by atoms with van der Waals surface area (Å²) in [5.74, 6) is 0.137. The molecule has 2 aromatic carbocycles. The van der Waals surface area contributed by atoms with E-state index in [-0.39, 0.29) is 24.3 Å². The Morgan fingerprint density at radius 1 is 1.05 bits per heavy atom. The number of hydrogen-bond acceptors (Lipinski definition) is 6. The smallest absolute Gasteiger partial charge is 0.371 e. The minimum absolute atomic E-state index is 0.134. The standard InChI is InChI=1S/C26H27F3N6O3/c27-26(28,29)19-8-6-17(7-9-19)25(36)30-20-14-37-23-21(15-38-22(20)23)35-24(31-32-33-35)18-5-3-4-16(12-18)13-34-10-1-2-11-34/h3-9,12,20-23H,1-2,10-11,13-15H2,(H,30,36)/p+1/t20-,21-,22+,23+/m0/s1. The number of benzene rings is 2. The first-order valence-electron chi connectivity index (χ1n) is 12.8. The molecule has 0 unspecified atom stereocenters. The second-order valence-electron chi connectivity index (χ2n) is 10.1. The van der Waals surface area contributed by atoms with E-state index in [4.69, 9.17) is 9.47 Å². The van der Waals surface area contributed by atoms with Gasteiger partial charge in [0.1, 0.15) is 24.8 Å². The zero-order valence-electron chi connectivity index (χ0n) is 20.5. The fourth-order valence-corrected chi connectivity index (χ4v) is 5.64. The molecule has 2 N–H and O–H groups in total. The highest BCUT2D eigenvalue weighted by atomic mass is 19.4. The number of hydrogen-bond donors (Lipinski definition) is 2. The van der Waals surface area contributed by atoms with Gasteiger partial charge in [0, 0.05) is 29.5 Å². The van der Waals surface area contributed by atoms with E-state index in [0.717, 1.165) is 36.4 Å². The first-order chi connectivity index (χ1) is 18.4. The number of aromatic nitrogens is 4. The topological polar surface area (TPSA) is 95.6 Å². The molecule has 0 spiro atoms. The van der Waals surface area contributed by atoms with Gasteiger partial charge >= 0.3 is 6.18 Å². The molecule has 3 saturated heterocycles. The van der Waals surface area contributed by atoms with Crippen molar-refractivity contribution in [3.63, 3.8) is 0 Å². The predicted octanol–water partition coefficient (Wildman–Crippen LogP) is 1.67. The third-order valence-electron chi connectivity index (χ3n) is 7.58. The number of ether oxygens (including phenoxy) is 2. The highest BCUT2D eigenvalue weighted by molar-refractivity contribution is 5.94. The van der Waals surface area contributed by atoms with Gasteiger partial charge in [-0.25, -0.2) is 4.68 Å². The zero-order valence-corrected chi connectivity index (χ0v) is 20.5. The average molecular weight is 530 g/mol. The average Bonchev–Trinajstić information content (AvgIpc) is 3.70. The van der Waals surface area contributed by atoms with Crippen molar-refractivity contribution < 1.29 is 32.3 Å². The van der Waals surface area contributed by atoms with Crippen molar-refractivity contribution in [3.8, 4) is 11.4 Å². The van der Waals surface area contributed by atoms with Crippen LogP contribution in [0.5, 0.6) is 0 Å². The number of nitrogens with one attached hydrogen (secondary N) is 2. The fourth-order valence-electron chi connectivity index (χ4n) is 5.64. The van der Waals surface area contributed by atoms with Crippen molar-refractivity contribution in [1.29, 1.82) is 0 Å². The summed E-state index contributed by atoms with van der Waals surface area (Å²) in [6.07, 6.45) is -2.74. The van der Waals surface area contributed by atoms with Crippen molar-refractivity contribution in [3.05, 3.63) is 65.2 Å². The predicted molar refractivity (Wildman–Crippen MR) is 128 cm³/mol. The molecule has 0 aliphatic carbocycles. The molecule has 9 nitrogen and oxygen atoms in total. The van der Waals surface area contributed by atoms with Gasteiger partial charge in [0.25, 0.3) is 5.91 Å². The summed E-state index contributed by atoms with van der Waals surface area (Å²) >= 11 is 0. The Bertz CT molecular complexity index is 1290. The number of nitrogens with zero attached hydrogens (tertiary/aromatic N) is 4. The largest absolute Gasteiger partial charge is 0.416 e. The van der Waals surface area contributed by atoms with E-state index in [0.29, 0.717) is 12.4 Å². The van der Waals surface area contributed by atoms with E-state index in [1.165, 1.54) is 31.5 Å². The molecule has 1 aromatic heterocycles. The number of alkyl halides is 3. The number of rotatable bonds is 6. The van der Waals surface area contributed by atoms with Crippen LogP contribution < -0.4 is 10.2 Å². The van der Waals surface area contributed by atoms with Crippen LogP contribution in [0, 0.1) is 0 Å². The van der Waals surface area contributed by atoms with Crippen LogP contribution in [0.4, 0.5) is 13.2 Å². The Hall–Kier alpha value is -3.35. The molecule has 4 atom stereocenters. The maximum absolute atomic E-state index is 12.8. The number of carbonyl (C=O) groups excluding carboxylic acids is 1. The first-order valence-corrected chi connectivity index (χ1v) is 12.8. The molecule has 3 fully saturated rings. The Morgan fingerprint density at radius 3 is 2.58 bits per heavy atom. The van der Waals surface area contributed by atoms with E-state index in [1.807, 2.05) is 12.1 Å². The normalized spacial score (nSPS) is 25.6. The number of fused-ring (bicyclic) bond motifs is 1. The van der Waals surface area contributed by atoms with E-state index in [9.17, 15) is 18.0 Å². The van der Waals surface area contributed by atoms with Gasteiger partial charge in [-0.15, -0.1) is 5.10 Å². The Morgan fingerprint density at radius 2 is 1.82 bits per heavy atom. The monoisotopic (exact) mass is 529 g/mol. The van der Waals surface area contributed by atoms with Gasteiger partial charge < -0.3 is 19.7 Å². The van der Waals surface area contributed by atoms with Crippen LogP contribution in [0.2, 0.25) is 0 Å².